The molecule has 1 unspecified atom stereocenters. The van der Waals surface area contributed by atoms with Crippen molar-refractivity contribution in [1.29, 1.82) is 0 Å². The molecule has 150 valence electrons. The van der Waals surface area contributed by atoms with Gasteiger partial charge in [-0.05, 0) is 36.6 Å². The summed E-state index contributed by atoms with van der Waals surface area (Å²) in [4.78, 5) is 23.3. The second kappa shape index (κ2) is 9.32. The highest BCUT2D eigenvalue weighted by molar-refractivity contribution is 5.79. The molecule has 3 aromatic rings. The summed E-state index contributed by atoms with van der Waals surface area (Å²) >= 11 is 0. The third kappa shape index (κ3) is 4.99. The van der Waals surface area contributed by atoms with E-state index in [9.17, 15) is 4.79 Å². The van der Waals surface area contributed by atoms with E-state index in [0.29, 0.717) is 18.9 Å². The number of hydrogen-bond donors (Lipinski definition) is 0. The number of aromatic nitrogens is 3. The summed E-state index contributed by atoms with van der Waals surface area (Å²) < 4.78 is 10.8. The van der Waals surface area contributed by atoms with Crippen molar-refractivity contribution in [1.82, 2.24) is 20.0 Å². The fourth-order valence-electron chi connectivity index (χ4n) is 3.67. The van der Waals surface area contributed by atoms with E-state index in [-0.39, 0.29) is 11.9 Å². The fraction of sp³-hybridized carbons (Fsp3) is 0.364. The molecule has 29 heavy (non-hydrogen) atoms. The molecule has 0 aliphatic carbocycles. The Morgan fingerprint density at radius 2 is 2.10 bits per heavy atom. The van der Waals surface area contributed by atoms with Crippen LogP contribution >= 0.6 is 0 Å². The van der Waals surface area contributed by atoms with E-state index in [0.717, 1.165) is 49.1 Å². The molecule has 1 fully saturated rings. The van der Waals surface area contributed by atoms with Gasteiger partial charge in [0, 0.05) is 24.5 Å². The highest BCUT2D eigenvalue weighted by atomic mass is 16.5. The van der Waals surface area contributed by atoms with Crippen LogP contribution in [0.5, 0.6) is 5.75 Å². The second-order valence-electron chi connectivity index (χ2n) is 7.22. The Hall–Kier alpha value is -3.22. The summed E-state index contributed by atoms with van der Waals surface area (Å²) in [5.41, 5.74) is 1.93. The zero-order valence-corrected chi connectivity index (χ0v) is 16.2. The number of likely N-dealkylation sites (tertiary alicyclic amines) is 1. The molecule has 3 heterocycles. The van der Waals surface area contributed by atoms with Gasteiger partial charge in [0.2, 0.25) is 12.3 Å². The summed E-state index contributed by atoms with van der Waals surface area (Å²) in [5, 5.41) is 3.98. The number of amides is 1. The molecule has 1 aliphatic rings. The minimum absolute atomic E-state index is 0.0751. The first-order chi connectivity index (χ1) is 14.3. The van der Waals surface area contributed by atoms with Gasteiger partial charge in [-0.25, -0.2) is 0 Å². The lowest BCUT2D eigenvalue weighted by Gasteiger charge is -2.28. The van der Waals surface area contributed by atoms with Gasteiger partial charge in [-0.1, -0.05) is 36.2 Å². The first kappa shape index (κ1) is 19.1. The quantitative estimate of drug-likeness (QED) is 0.636. The van der Waals surface area contributed by atoms with Crippen LogP contribution in [0, 0.1) is 0 Å². The minimum atomic E-state index is -0.117. The van der Waals surface area contributed by atoms with Gasteiger partial charge < -0.3 is 14.2 Å². The summed E-state index contributed by atoms with van der Waals surface area (Å²) in [7, 11) is 0. The number of hydrogen-bond acceptors (Lipinski definition) is 6. The number of benzene rings is 1. The average Bonchev–Trinajstić information content (AvgIpc) is 3.17. The van der Waals surface area contributed by atoms with Crippen molar-refractivity contribution < 1.29 is 14.1 Å². The summed E-state index contributed by atoms with van der Waals surface area (Å²) in [6.45, 7) is 1.16. The molecule has 7 nitrogen and oxygen atoms in total. The number of ether oxygens (including phenoxy) is 1. The van der Waals surface area contributed by atoms with Crippen LogP contribution in [0.3, 0.4) is 0 Å². The molecule has 7 heteroatoms. The molecule has 1 saturated heterocycles. The maximum absolute atomic E-state index is 13.1. The Bertz CT molecular complexity index is 915. The number of carbonyl (C=O) groups is 1. The van der Waals surface area contributed by atoms with Crippen molar-refractivity contribution in [2.45, 2.75) is 44.8 Å². The van der Waals surface area contributed by atoms with E-state index >= 15 is 0 Å². The number of rotatable bonds is 6. The van der Waals surface area contributed by atoms with Crippen LogP contribution in [-0.2, 0) is 17.8 Å². The van der Waals surface area contributed by atoms with E-state index in [4.69, 9.17) is 9.26 Å². The zero-order valence-electron chi connectivity index (χ0n) is 16.2. The molecule has 0 radical (unpaired) electrons. The Morgan fingerprint density at radius 3 is 2.93 bits per heavy atom. The third-order valence-corrected chi connectivity index (χ3v) is 5.13. The molecule has 1 amide bonds. The standard InChI is InChI=1S/C22H24N4O3/c27-21(26-11-3-1-2-9-20(26)22-24-16-29-25-22)13-17-6-4-8-19(12-17)28-15-18-7-5-10-23-14-18/h4-8,10,12,14,16,20H,1-3,9,11,13,15H2. The first-order valence-corrected chi connectivity index (χ1v) is 9.96. The van der Waals surface area contributed by atoms with Gasteiger partial charge in [-0.15, -0.1) is 0 Å². The topological polar surface area (TPSA) is 81.4 Å². The predicted octanol–water partition coefficient (Wildman–Crippen LogP) is 3.73. The maximum atomic E-state index is 13.1. The van der Waals surface area contributed by atoms with Crippen LogP contribution in [0.1, 0.15) is 48.7 Å². The Kier molecular flexibility index (Phi) is 6.14. The maximum Gasteiger partial charge on any atom is 0.227 e. The molecular weight excluding hydrogens is 368 g/mol. The molecule has 0 saturated carbocycles. The first-order valence-electron chi connectivity index (χ1n) is 9.96. The van der Waals surface area contributed by atoms with E-state index in [1.54, 1.807) is 12.4 Å². The highest BCUT2D eigenvalue weighted by Crippen LogP contribution is 2.29. The fourth-order valence-corrected chi connectivity index (χ4v) is 3.67. The SMILES string of the molecule is O=C(Cc1cccc(OCc2cccnc2)c1)N1CCCCCC1c1ncon1. The van der Waals surface area contributed by atoms with Gasteiger partial charge >= 0.3 is 0 Å². The molecular formula is C22H24N4O3. The second-order valence-corrected chi connectivity index (χ2v) is 7.22. The molecule has 1 atom stereocenters. The molecule has 0 bridgehead atoms. The Labute approximate surface area is 169 Å². The van der Waals surface area contributed by atoms with Crippen molar-refractivity contribution in [3.05, 3.63) is 72.1 Å². The lowest BCUT2D eigenvalue weighted by molar-refractivity contribution is -0.133. The zero-order chi connectivity index (χ0) is 19.9. The van der Waals surface area contributed by atoms with Gasteiger partial charge in [0.25, 0.3) is 0 Å². The van der Waals surface area contributed by atoms with Gasteiger partial charge in [-0.2, -0.15) is 4.98 Å². The largest absolute Gasteiger partial charge is 0.489 e. The Balaban J connectivity index is 1.43. The van der Waals surface area contributed by atoms with Crippen molar-refractivity contribution in [3.8, 4) is 5.75 Å². The van der Waals surface area contributed by atoms with Gasteiger partial charge in [0.15, 0.2) is 5.82 Å². The normalized spacial score (nSPS) is 17.0. The van der Waals surface area contributed by atoms with Crippen LogP contribution in [0.2, 0.25) is 0 Å². The molecule has 0 N–H and O–H groups in total. The monoisotopic (exact) mass is 392 g/mol. The molecule has 0 spiro atoms. The van der Waals surface area contributed by atoms with Crippen LogP contribution < -0.4 is 4.74 Å². The lowest BCUT2D eigenvalue weighted by Crippen LogP contribution is -2.36. The smallest absolute Gasteiger partial charge is 0.227 e. The number of carbonyl (C=O) groups excluding carboxylic acids is 1. The Morgan fingerprint density at radius 1 is 1.17 bits per heavy atom. The van der Waals surface area contributed by atoms with Crippen molar-refractivity contribution in [2.75, 3.05) is 6.54 Å². The van der Waals surface area contributed by atoms with Gasteiger partial charge in [0.1, 0.15) is 12.4 Å². The van der Waals surface area contributed by atoms with Crippen molar-refractivity contribution in [3.63, 3.8) is 0 Å². The molecule has 1 aromatic carbocycles. The van der Waals surface area contributed by atoms with E-state index in [1.165, 1.54) is 6.39 Å². The van der Waals surface area contributed by atoms with Gasteiger partial charge in [-0.3, -0.25) is 9.78 Å². The number of pyridine rings is 1. The summed E-state index contributed by atoms with van der Waals surface area (Å²) in [5.74, 6) is 1.41. The summed E-state index contributed by atoms with van der Waals surface area (Å²) in [6.07, 6.45) is 9.18. The van der Waals surface area contributed by atoms with Crippen molar-refractivity contribution >= 4 is 5.91 Å². The third-order valence-electron chi connectivity index (χ3n) is 5.13. The summed E-state index contributed by atoms with van der Waals surface area (Å²) in [6, 6.07) is 11.4. The minimum Gasteiger partial charge on any atom is -0.489 e. The van der Waals surface area contributed by atoms with Crippen LogP contribution in [0.25, 0.3) is 0 Å². The van der Waals surface area contributed by atoms with E-state index in [2.05, 4.69) is 15.1 Å². The predicted molar refractivity (Wildman–Crippen MR) is 106 cm³/mol. The average molecular weight is 392 g/mol. The highest BCUT2D eigenvalue weighted by Gasteiger charge is 2.29. The van der Waals surface area contributed by atoms with E-state index in [1.807, 2.05) is 41.3 Å². The van der Waals surface area contributed by atoms with Crippen molar-refractivity contribution in [2.24, 2.45) is 0 Å². The van der Waals surface area contributed by atoms with Crippen LogP contribution in [0.15, 0.2) is 59.7 Å². The molecule has 4 rings (SSSR count). The van der Waals surface area contributed by atoms with E-state index < -0.39 is 0 Å². The number of nitrogens with zero attached hydrogens (tertiary/aromatic N) is 4. The van der Waals surface area contributed by atoms with Crippen LogP contribution in [-0.4, -0.2) is 32.5 Å². The molecule has 2 aromatic heterocycles. The van der Waals surface area contributed by atoms with Crippen LogP contribution in [0.4, 0.5) is 0 Å². The van der Waals surface area contributed by atoms with Gasteiger partial charge in [0.05, 0.1) is 12.5 Å². The lowest BCUT2D eigenvalue weighted by atomic mass is 10.1. The molecule has 1 aliphatic heterocycles.